The fourth-order valence-electron chi connectivity index (χ4n) is 1.32. The molecule has 0 aliphatic heterocycles. The lowest BCUT2D eigenvalue weighted by molar-refractivity contribution is 1.04. The van der Waals surface area contributed by atoms with Crippen molar-refractivity contribution in [3.8, 4) is 6.07 Å². The van der Waals surface area contributed by atoms with Crippen LogP contribution >= 0.6 is 0 Å². The van der Waals surface area contributed by atoms with E-state index in [1.165, 1.54) is 6.33 Å². The molecule has 0 fully saturated rings. The maximum Gasteiger partial charge on any atom is 0.135 e. The molecule has 0 amide bonds. The number of nitrogens with one attached hydrogen (secondary N) is 3. The molecule has 2 aromatic heterocycles. The van der Waals surface area contributed by atoms with Gasteiger partial charge in [-0.2, -0.15) is 5.26 Å². The van der Waals surface area contributed by atoms with Gasteiger partial charge >= 0.3 is 0 Å². The zero-order valence-corrected chi connectivity index (χ0v) is 9.14. The van der Waals surface area contributed by atoms with Crippen LogP contribution in [0.3, 0.4) is 0 Å². The Bertz CT molecular complexity index is 499. The van der Waals surface area contributed by atoms with E-state index in [1.807, 2.05) is 18.5 Å². The maximum atomic E-state index is 8.43. The second-order valence-electron chi connectivity index (χ2n) is 3.35. The minimum Gasteiger partial charge on any atom is -0.369 e. The van der Waals surface area contributed by atoms with Crippen molar-refractivity contribution in [1.82, 2.24) is 15.0 Å². The first-order chi connectivity index (χ1) is 8.38. The molecule has 6 nitrogen and oxygen atoms in total. The largest absolute Gasteiger partial charge is 0.369 e. The number of aromatic nitrogens is 3. The lowest BCUT2D eigenvalue weighted by Gasteiger charge is -2.06. The number of aromatic amines is 1. The van der Waals surface area contributed by atoms with Crippen molar-refractivity contribution in [2.24, 2.45) is 0 Å². The van der Waals surface area contributed by atoms with Crippen molar-refractivity contribution in [3.05, 3.63) is 30.9 Å². The summed E-state index contributed by atoms with van der Waals surface area (Å²) in [7, 11) is 0. The van der Waals surface area contributed by atoms with Crippen LogP contribution in [-0.2, 0) is 0 Å². The highest BCUT2D eigenvalue weighted by Gasteiger charge is 1.99. The quantitative estimate of drug-likeness (QED) is 0.680. The Morgan fingerprint density at radius 2 is 2.24 bits per heavy atom. The minimum atomic E-state index is 0.449. The molecule has 2 heterocycles. The summed E-state index contributed by atoms with van der Waals surface area (Å²) in [6, 6.07) is 5.77. The van der Waals surface area contributed by atoms with Crippen LogP contribution in [0.25, 0.3) is 0 Å². The molecule has 17 heavy (non-hydrogen) atoms. The summed E-state index contributed by atoms with van der Waals surface area (Å²) in [6.45, 7) is 0.580. The molecule has 2 rings (SSSR count). The molecule has 0 atom stereocenters. The summed E-state index contributed by atoms with van der Waals surface area (Å²) >= 11 is 0. The number of anilines is 3. The summed E-state index contributed by atoms with van der Waals surface area (Å²) in [5.74, 6) is 1.41. The second kappa shape index (κ2) is 5.51. The van der Waals surface area contributed by atoms with Gasteiger partial charge in [-0.1, -0.05) is 0 Å². The van der Waals surface area contributed by atoms with E-state index in [4.69, 9.17) is 5.26 Å². The van der Waals surface area contributed by atoms with Gasteiger partial charge in [-0.15, -0.1) is 0 Å². The van der Waals surface area contributed by atoms with E-state index in [-0.39, 0.29) is 0 Å². The number of nitriles is 1. The third kappa shape index (κ3) is 3.21. The summed E-state index contributed by atoms with van der Waals surface area (Å²) in [5.41, 5.74) is 0.937. The number of hydrogen-bond acceptors (Lipinski definition) is 5. The molecular weight excluding hydrogens is 216 g/mol. The van der Waals surface area contributed by atoms with E-state index in [0.717, 1.165) is 5.69 Å². The molecule has 86 valence electrons. The van der Waals surface area contributed by atoms with Gasteiger partial charge in [0.2, 0.25) is 0 Å². The summed E-state index contributed by atoms with van der Waals surface area (Å²) in [4.78, 5) is 11.1. The van der Waals surface area contributed by atoms with Crippen LogP contribution in [0.1, 0.15) is 6.42 Å². The van der Waals surface area contributed by atoms with Crippen molar-refractivity contribution in [2.45, 2.75) is 6.42 Å². The fourth-order valence-corrected chi connectivity index (χ4v) is 1.32. The topological polar surface area (TPSA) is 89.4 Å². The highest BCUT2D eigenvalue weighted by atomic mass is 15.1. The molecule has 0 saturated heterocycles. The van der Waals surface area contributed by atoms with E-state index in [9.17, 15) is 0 Å². The van der Waals surface area contributed by atoms with Gasteiger partial charge in [0.25, 0.3) is 0 Å². The smallest absolute Gasteiger partial charge is 0.135 e. The first-order valence-electron chi connectivity index (χ1n) is 5.21. The average molecular weight is 228 g/mol. The highest BCUT2D eigenvalue weighted by molar-refractivity contribution is 5.57. The Morgan fingerprint density at radius 1 is 1.35 bits per heavy atom. The van der Waals surface area contributed by atoms with Gasteiger partial charge in [-0.25, -0.2) is 9.97 Å². The Kier molecular flexibility index (Phi) is 3.55. The molecule has 0 saturated carbocycles. The molecule has 2 aromatic rings. The van der Waals surface area contributed by atoms with Gasteiger partial charge < -0.3 is 15.6 Å². The van der Waals surface area contributed by atoms with Crippen molar-refractivity contribution < 1.29 is 0 Å². The zero-order chi connectivity index (χ0) is 11.9. The van der Waals surface area contributed by atoms with E-state index in [1.54, 1.807) is 6.07 Å². The number of hydrogen-bond donors (Lipinski definition) is 3. The minimum absolute atomic E-state index is 0.449. The lowest BCUT2D eigenvalue weighted by Crippen LogP contribution is -2.03. The summed E-state index contributed by atoms with van der Waals surface area (Å²) in [6.07, 6.45) is 5.59. The molecule has 0 aromatic carbocycles. The predicted octanol–water partition coefficient (Wildman–Crippen LogP) is 1.87. The van der Waals surface area contributed by atoms with Gasteiger partial charge in [0.05, 0.1) is 18.2 Å². The number of nitrogens with zero attached hydrogens (tertiary/aromatic N) is 3. The van der Waals surface area contributed by atoms with Gasteiger partial charge in [0.1, 0.15) is 18.0 Å². The van der Waals surface area contributed by atoms with Crippen molar-refractivity contribution >= 4 is 17.3 Å². The third-order valence-electron chi connectivity index (χ3n) is 2.08. The van der Waals surface area contributed by atoms with E-state index >= 15 is 0 Å². The van der Waals surface area contributed by atoms with E-state index in [2.05, 4.69) is 31.7 Å². The molecular formula is C11H12N6. The van der Waals surface area contributed by atoms with Crippen molar-refractivity contribution in [1.29, 1.82) is 5.26 Å². The van der Waals surface area contributed by atoms with Crippen LogP contribution in [0.15, 0.2) is 30.9 Å². The summed E-state index contributed by atoms with van der Waals surface area (Å²) < 4.78 is 0. The highest BCUT2D eigenvalue weighted by Crippen LogP contribution is 2.14. The molecule has 0 bridgehead atoms. The molecule has 0 spiro atoms. The Morgan fingerprint density at radius 3 is 3.00 bits per heavy atom. The maximum absolute atomic E-state index is 8.43. The number of H-pyrrole nitrogens is 1. The van der Waals surface area contributed by atoms with Crippen LogP contribution < -0.4 is 10.6 Å². The number of rotatable bonds is 5. The summed E-state index contributed by atoms with van der Waals surface area (Å²) in [5, 5.41) is 14.6. The van der Waals surface area contributed by atoms with Crippen LogP contribution in [0, 0.1) is 11.3 Å². The SMILES string of the molecule is N#CCCNc1cc(Nc2cc[nH]c2)ncn1. The first-order valence-corrected chi connectivity index (χ1v) is 5.21. The lowest BCUT2D eigenvalue weighted by atomic mass is 10.4. The van der Waals surface area contributed by atoms with Gasteiger partial charge in [0, 0.05) is 25.0 Å². The normalized spacial score (nSPS) is 9.59. The van der Waals surface area contributed by atoms with Crippen molar-refractivity contribution in [2.75, 3.05) is 17.2 Å². The third-order valence-corrected chi connectivity index (χ3v) is 2.08. The zero-order valence-electron chi connectivity index (χ0n) is 9.14. The fraction of sp³-hybridized carbons (Fsp3) is 0.182. The van der Waals surface area contributed by atoms with Crippen molar-refractivity contribution in [3.63, 3.8) is 0 Å². The molecule has 0 radical (unpaired) electrons. The standard InChI is InChI=1S/C11H12N6/c12-3-1-4-14-10-6-11(16-8-15-10)17-9-2-5-13-7-9/h2,5-8,13H,1,4H2,(H2,14,15,16,17). The Labute approximate surface area is 98.7 Å². The second-order valence-corrected chi connectivity index (χ2v) is 3.35. The Balaban J connectivity index is 1.99. The molecule has 3 N–H and O–H groups in total. The van der Waals surface area contributed by atoms with Crippen LogP contribution in [0.5, 0.6) is 0 Å². The first kappa shape index (κ1) is 11.0. The van der Waals surface area contributed by atoms with E-state index < -0.39 is 0 Å². The van der Waals surface area contributed by atoms with Gasteiger partial charge in [0.15, 0.2) is 0 Å². The molecule has 0 unspecified atom stereocenters. The van der Waals surface area contributed by atoms with Crippen LogP contribution in [-0.4, -0.2) is 21.5 Å². The van der Waals surface area contributed by atoms with Crippen LogP contribution in [0.2, 0.25) is 0 Å². The Hall–Kier alpha value is -2.55. The molecule has 0 aliphatic rings. The van der Waals surface area contributed by atoms with Crippen LogP contribution in [0.4, 0.5) is 17.3 Å². The van der Waals surface area contributed by atoms with Gasteiger partial charge in [-0.05, 0) is 6.07 Å². The predicted molar refractivity (Wildman–Crippen MR) is 64.8 cm³/mol. The van der Waals surface area contributed by atoms with Gasteiger partial charge in [-0.3, -0.25) is 0 Å². The molecule has 6 heteroatoms. The van der Waals surface area contributed by atoms with E-state index in [0.29, 0.717) is 24.6 Å². The monoisotopic (exact) mass is 228 g/mol. The average Bonchev–Trinajstić information content (AvgIpc) is 2.83. The molecule has 0 aliphatic carbocycles.